The fourth-order valence-corrected chi connectivity index (χ4v) is 1.44. The fraction of sp³-hybridized carbons (Fsp3) is 0.750. The Labute approximate surface area is 98.1 Å². The first-order chi connectivity index (χ1) is 6.81. The number of hydrogen-bond donors (Lipinski definition) is 1. The molecule has 1 nitrogen and oxygen atoms in total. The summed E-state index contributed by atoms with van der Waals surface area (Å²) >= 11 is 2.13. The molecule has 0 rings (SSSR count). The van der Waals surface area contributed by atoms with Gasteiger partial charge in [0, 0.05) is 0 Å². The van der Waals surface area contributed by atoms with Crippen molar-refractivity contribution in [3.8, 4) is 0 Å². The van der Waals surface area contributed by atoms with Gasteiger partial charge in [0.1, 0.15) is 0 Å². The fourth-order valence-electron chi connectivity index (χ4n) is 1.44. The number of allylic oxidation sites excluding steroid dienone is 2. The van der Waals surface area contributed by atoms with Crippen LogP contribution < -0.4 is 0 Å². The summed E-state index contributed by atoms with van der Waals surface area (Å²) in [7, 11) is 0. The second-order valence-electron chi connectivity index (χ2n) is 3.85. The summed E-state index contributed by atoms with van der Waals surface area (Å²) in [5.74, 6) is 0. The first-order valence-electron chi connectivity index (χ1n) is 6.02. The minimum absolute atomic E-state index is 0.863. The Kier molecular flexibility index (Phi) is 11.1. The third-order valence-corrected chi connectivity index (χ3v) is 2.35. The number of unbranched alkanes of at least 4 members (excludes halogenated alkanes) is 4. The molecule has 0 unspecified atom stereocenters. The Morgan fingerprint density at radius 1 is 1.14 bits per heavy atom. The molecule has 0 bridgehead atoms. The van der Waals surface area contributed by atoms with Crippen LogP contribution in [-0.4, -0.2) is 23.4 Å². The van der Waals surface area contributed by atoms with Crippen LogP contribution in [-0.2, 0) is 0 Å². The summed E-state index contributed by atoms with van der Waals surface area (Å²) < 4.78 is 0. The molecule has 0 aromatic heterocycles. The molecule has 1 N–H and O–H groups in total. The molecular formula is C12H22LiN. The Morgan fingerprint density at radius 2 is 1.86 bits per heavy atom. The molecule has 0 saturated carbocycles. The molecule has 0 aliphatic rings. The van der Waals surface area contributed by atoms with Gasteiger partial charge in [0.2, 0.25) is 0 Å². The van der Waals surface area contributed by atoms with E-state index in [2.05, 4.69) is 36.8 Å². The van der Waals surface area contributed by atoms with Gasteiger partial charge < -0.3 is 0 Å². The van der Waals surface area contributed by atoms with Gasteiger partial charge in [-0.3, -0.25) is 0 Å². The van der Waals surface area contributed by atoms with E-state index in [1.807, 2.05) is 0 Å². The molecule has 0 heterocycles. The third-order valence-electron chi connectivity index (χ3n) is 2.35. The van der Waals surface area contributed by atoms with Crippen molar-refractivity contribution in [2.24, 2.45) is 0 Å². The number of nitrogens with one attached hydrogen (secondary N) is 1. The Balaban J connectivity index is 3.22. The molecule has 0 radical (unpaired) electrons. The topological polar surface area (TPSA) is 23.9 Å². The van der Waals surface area contributed by atoms with E-state index in [9.17, 15) is 0 Å². The molecule has 0 aromatic rings. The van der Waals surface area contributed by atoms with Crippen LogP contribution >= 0.6 is 0 Å². The molecule has 14 heavy (non-hydrogen) atoms. The molecule has 0 aromatic carbocycles. The van der Waals surface area contributed by atoms with Crippen LogP contribution in [0, 0.1) is 5.41 Å². The van der Waals surface area contributed by atoms with Gasteiger partial charge in [0.25, 0.3) is 0 Å². The average molecular weight is 187 g/mol. The molecular weight excluding hydrogens is 165 g/mol. The van der Waals surface area contributed by atoms with Gasteiger partial charge in [-0.25, -0.2) is 0 Å². The zero-order valence-electron chi connectivity index (χ0n) is 9.81. The first-order valence-corrected chi connectivity index (χ1v) is 6.02. The van der Waals surface area contributed by atoms with E-state index in [4.69, 9.17) is 5.41 Å². The van der Waals surface area contributed by atoms with Crippen molar-refractivity contribution in [3.63, 3.8) is 0 Å². The van der Waals surface area contributed by atoms with Gasteiger partial charge in [0.15, 0.2) is 0 Å². The van der Waals surface area contributed by atoms with Crippen LogP contribution in [0.2, 0.25) is 5.09 Å². The Morgan fingerprint density at radius 3 is 2.50 bits per heavy atom. The van der Waals surface area contributed by atoms with Gasteiger partial charge in [-0.2, -0.15) is 0 Å². The van der Waals surface area contributed by atoms with Crippen molar-refractivity contribution >= 4 is 23.4 Å². The monoisotopic (exact) mass is 187 g/mol. The first kappa shape index (κ1) is 14.0. The summed E-state index contributed by atoms with van der Waals surface area (Å²) in [5.41, 5.74) is 0.895. The van der Waals surface area contributed by atoms with E-state index in [1.165, 1.54) is 32.1 Å². The minimum atomic E-state index is 0.863. The van der Waals surface area contributed by atoms with Crippen LogP contribution in [0.5, 0.6) is 0 Å². The molecule has 0 aliphatic carbocycles. The maximum absolute atomic E-state index is 7.70. The standard InChI is InChI=1S/C12H22N.Li/c1-3-5-7-8-9-11-12(13)10-6-4-2;/h4,6,13H,2-3,5,7-11H2,1H3;. The van der Waals surface area contributed by atoms with Crippen molar-refractivity contribution in [3.05, 3.63) is 12.2 Å². The van der Waals surface area contributed by atoms with Crippen LogP contribution in [0.3, 0.4) is 0 Å². The van der Waals surface area contributed by atoms with Crippen molar-refractivity contribution in [1.82, 2.24) is 0 Å². The van der Waals surface area contributed by atoms with E-state index in [-0.39, 0.29) is 0 Å². The summed E-state index contributed by atoms with van der Waals surface area (Å²) in [6, 6.07) is 0. The van der Waals surface area contributed by atoms with E-state index >= 15 is 0 Å². The number of rotatable bonds is 9. The average Bonchev–Trinajstić information content (AvgIpc) is 2.18. The Hall–Kier alpha value is 0.00740. The van der Waals surface area contributed by atoms with Gasteiger partial charge in [-0.15, -0.1) is 0 Å². The maximum atomic E-state index is 7.70. The van der Waals surface area contributed by atoms with Gasteiger partial charge in [0.05, 0.1) is 0 Å². The van der Waals surface area contributed by atoms with E-state index < -0.39 is 0 Å². The zero-order chi connectivity index (χ0) is 10.6. The van der Waals surface area contributed by atoms with E-state index in [1.54, 1.807) is 0 Å². The molecule has 0 saturated heterocycles. The normalized spacial score (nSPS) is 11.1. The molecule has 0 atom stereocenters. The second-order valence-corrected chi connectivity index (χ2v) is 3.85. The van der Waals surface area contributed by atoms with Crippen LogP contribution in [0.25, 0.3) is 0 Å². The SMILES string of the molecule is [Li][CH2]C=CCC(=N)CCCCCCC. The molecule has 76 valence electrons. The summed E-state index contributed by atoms with van der Waals surface area (Å²) in [5, 5.41) is 8.78. The molecule has 0 aliphatic heterocycles. The van der Waals surface area contributed by atoms with E-state index in [0.29, 0.717) is 0 Å². The quantitative estimate of drug-likeness (QED) is 0.245. The van der Waals surface area contributed by atoms with Crippen LogP contribution in [0.15, 0.2) is 12.2 Å². The molecule has 2 heteroatoms. The second kappa shape index (κ2) is 11.1. The van der Waals surface area contributed by atoms with Crippen molar-refractivity contribution in [2.75, 3.05) is 0 Å². The summed E-state index contributed by atoms with van der Waals surface area (Å²) in [6.45, 7) is 2.23. The van der Waals surface area contributed by atoms with Crippen molar-refractivity contribution in [2.45, 2.75) is 57.0 Å². The van der Waals surface area contributed by atoms with E-state index in [0.717, 1.165) is 23.6 Å². The zero-order valence-corrected chi connectivity index (χ0v) is 9.81. The van der Waals surface area contributed by atoms with Crippen LogP contribution in [0.4, 0.5) is 0 Å². The summed E-state index contributed by atoms with van der Waals surface area (Å²) in [6.07, 6.45) is 12.6. The van der Waals surface area contributed by atoms with Gasteiger partial charge in [-0.1, -0.05) is 0 Å². The van der Waals surface area contributed by atoms with Crippen LogP contribution in [0.1, 0.15) is 51.9 Å². The number of hydrogen-bond acceptors (Lipinski definition) is 1. The van der Waals surface area contributed by atoms with Crippen molar-refractivity contribution in [1.29, 1.82) is 5.41 Å². The molecule has 0 spiro atoms. The predicted octanol–water partition coefficient (Wildman–Crippen LogP) is 3.90. The summed E-state index contributed by atoms with van der Waals surface area (Å²) in [4.78, 5) is 0. The Bertz CT molecular complexity index is 164. The molecule has 0 amide bonds. The van der Waals surface area contributed by atoms with Crippen molar-refractivity contribution < 1.29 is 0 Å². The van der Waals surface area contributed by atoms with Gasteiger partial charge in [-0.05, 0) is 0 Å². The van der Waals surface area contributed by atoms with Gasteiger partial charge >= 0.3 is 98.0 Å². The molecule has 0 fully saturated rings. The third kappa shape index (κ3) is 10.1. The predicted molar refractivity (Wildman–Crippen MR) is 65.4 cm³/mol.